The summed E-state index contributed by atoms with van der Waals surface area (Å²) < 4.78 is 0. The van der Waals surface area contributed by atoms with Gasteiger partial charge in [0.2, 0.25) is 0 Å². The summed E-state index contributed by atoms with van der Waals surface area (Å²) >= 11 is 0. The summed E-state index contributed by atoms with van der Waals surface area (Å²) in [5.74, 6) is 0.0179. The number of rotatable bonds is 0. The van der Waals surface area contributed by atoms with Crippen LogP contribution < -0.4 is 58.2 Å². The van der Waals surface area contributed by atoms with Crippen LogP contribution in [0.4, 0.5) is 11.8 Å². The van der Waals surface area contributed by atoms with E-state index >= 15 is 0 Å². The van der Waals surface area contributed by atoms with E-state index in [0.717, 1.165) is 0 Å². The fourth-order valence-electron chi connectivity index (χ4n) is 1.08. The number of hydrogen-bond donors (Lipinski definition) is 0. The Hall–Kier alpha value is 0.628. The van der Waals surface area contributed by atoms with Crippen molar-refractivity contribution in [2.45, 2.75) is 0 Å². The molecule has 0 aliphatic rings. The first-order valence-electron chi connectivity index (χ1n) is 3.47. The van der Waals surface area contributed by atoms with Crippen LogP contribution in [-0.4, -0.2) is 9.97 Å². The zero-order valence-corrected chi connectivity index (χ0v) is 15.2. The van der Waals surface area contributed by atoms with Crippen LogP contribution in [0, 0.1) is 0 Å². The third-order valence-corrected chi connectivity index (χ3v) is 1.60. The maximum absolute atomic E-state index is 7.43. The van der Waals surface area contributed by atoms with Gasteiger partial charge in [0.1, 0.15) is 0 Å². The first kappa shape index (κ1) is 14.6. The Morgan fingerprint density at radius 2 is 1.64 bits per heavy atom. The van der Waals surface area contributed by atoms with Gasteiger partial charge in [-0.1, -0.05) is 30.1 Å². The molecule has 2 N–H and O–H groups in total. The van der Waals surface area contributed by atoms with Crippen LogP contribution in [-0.2, 0) is 20.4 Å². The van der Waals surface area contributed by atoms with E-state index in [1.54, 1.807) is 12.1 Å². The molecule has 2 rings (SSSR count). The van der Waals surface area contributed by atoms with Gasteiger partial charge >= 0.3 is 58.2 Å². The molecule has 1 aromatic carbocycles. The minimum absolute atomic E-state index is 0. The molecule has 0 saturated heterocycles. The smallest absolute Gasteiger partial charge is 0.482 e. The Kier molecular flexibility index (Phi) is 6.54. The van der Waals surface area contributed by atoms with E-state index in [-0.39, 0.29) is 90.4 Å². The van der Waals surface area contributed by atoms with Crippen molar-refractivity contribution in [1.29, 1.82) is 0 Å². The summed E-state index contributed by atoms with van der Waals surface area (Å²) in [6.07, 6.45) is 0. The fraction of sp³-hybridized carbons (Fsp3) is 0. The van der Waals surface area contributed by atoms with E-state index in [9.17, 15) is 0 Å². The van der Waals surface area contributed by atoms with Gasteiger partial charge < -0.3 is 21.4 Å². The molecule has 0 spiro atoms. The third kappa shape index (κ3) is 3.06. The van der Waals surface area contributed by atoms with E-state index in [1.165, 1.54) is 0 Å². The Bertz CT molecular complexity index is 435. The maximum Gasteiger partial charge on any atom is 1.00 e. The van der Waals surface area contributed by atoms with Crippen LogP contribution in [0.25, 0.3) is 22.4 Å². The molecule has 0 saturated carbocycles. The minimum atomic E-state index is -0.0984. The topological polar surface area (TPSA) is 73.4 Å². The monoisotopic (exact) mass is 430 g/mol. The normalized spacial score (nSPS) is 8.86. The van der Waals surface area contributed by atoms with Gasteiger partial charge in [-0.25, -0.2) is 0 Å². The van der Waals surface area contributed by atoms with E-state index in [0.29, 0.717) is 10.9 Å². The second-order valence-corrected chi connectivity index (χ2v) is 2.41. The quantitative estimate of drug-likeness (QED) is 0.591. The molecule has 0 amide bonds. The van der Waals surface area contributed by atoms with Gasteiger partial charge in [0.05, 0.1) is 0 Å². The van der Waals surface area contributed by atoms with Gasteiger partial charge in [-0.15, -0.1) is 0 Å². The SMILES string of the molecule is [NH-]c1nc([NH-])c2ccccc2n1.[Rb+].[Re]. The number of aromatic nitrogens is 2. The van der Waals surface area contributed by atoms with E-state index in [1.807, 2.05) is 12.1 Å². The molecule has 67 valence electrons. The van der Waals surface area contributed by atoms with Crippen molar-refractivity contribution >= 4 is 22.7 Å². The summed E-state index contributed by atoms with van der Waals surface area (Å²) in [7, 11) is 0. The molecule has 1 aromatic heterocycles. The molecule has 0 aliphatic heterocycles. The van der Waals surface area contributed by atoms with Crippen molar-refractivity contribution in [2.75, 3.05) is 0 Å². The number of para-hydroxylation sites is 1. The zero-order chi connectivity index (χ0) is 8.55. The molecule has 0 bridgehead atoms. The number of fused-ring (bicyclic) bond motifs is 1. The molecule has 0 atom stereocenters. The molecule has 0 fully saturated rings. The predicted molar refractivity (Wildman–Crippen MR) is 47.5 cm³/mol. The number of hydrogen-bond acceptors (Lipinski definition) is 2. The molecular formula is C8H6N4RbRe-. The zero-order valence-electron chi connectivity index (χ0n) is 7.58. The van der Waals surface area contributed by atoms with Gasteiger partial charge in [0.15, 0.2) is 0 Å². The summed E-state index contributed by atoms with van der Waals surface area (Å²) in [5.41, 5.74) is 15.3. The van der Waals surface area contributed by atoms with Gasteiger partial charge in [-0.3, -0.25) is 0 Å². The Balaban J connectivity index is 0.000000845. The van der Waals surface area contributed by atoms with Crippen molar-refractivity contribution in [2.24, 2.45) is 0 Å². The Morgan fingerprint density at radius 1 is 1.00 bits per heavy atom. The largest absolute Gasteiger partial charge is 1.00 e. The van der Waals surface area contributed by atoms with Crippen LogP contribution in [0.5, 0.6) is 0 Å². The third-order valence-electron chi connectivity index (χ3n) is 1.60. The summed E-state index contributed by atoms with van der Waals surface area (Å²) in [4.78, 5) is 7.50. The molecule has 1 radical (unpaired) electrons. The van der Waals surface area contributed by atoms with Crippen LogP contribution in [0.15, 0.2) is 24.3 Å². The average molecular weight is 430 g/mol. The number of nitrogens with one attached hydrogen (secondary N) is 2. The maximum atomic E-state index is 7.43. The van der Waals surface area contributed by atoms with Gasteiger partial charge in [0, 0.05) is 20.4 Å². The summed E-state index contributed by atoms with van der Waals surface area (Å²) in [5, 5.41) is 0.688. The van der Waals surface area contributed by atoms with Crippen LogP contribution >= 0.6 is 0 Å². The van der Waals surface area contributed by atoms with Crippen LogP contribution in [0.1, 0.15) is 0 Å². The van der Waals surface area contributed by atoms with E-state index in [4.69, 9.17) is 11.5 Å². The number of benzene rings is 1. The summed E-state index contributed by atoms with van der Waals surface area (Å²) in [6, 6.07) is 7.20. The molecule has 0 unspecified atom stereocenters. The van der Waals surface area contributed by atoms with E-state index in [2.05, 4.69) is 9.97 Å². The van der Waals surface area contributed by atoms with E-state index < -0.39 is 0 Å². The van der Waals surface area contributed by atoms with Crippen molar-refractivity contribution in [3.05, 3.63) is 35.7 Å². The molecule has 4 nitrogen and oxygen atoms in total. The first-order chi connectivity index (χ1) is 5.77. The van der Waals surface area contributed by atoms with Crippen molar-refractivity contribution in [1.82, 2.24) is 9.97 Å². The average Bonchev–Trinajstić information content (AvgIpc) is 2.04. The second kappa shape index (κ2) is 6.26. The molecule has 14 heavy (non-hydrogen) atoms. The Labute approximate surface area is 144 Å². The molecule has 6 heteroatoms. The van der Waals surface area contributed by atoms with Crippen molar-refractivity contribution in [3.63, 3.8) is 0 Å². The second-order valence-electron chi connectivity index (χ2n) is 2.41. The standard InChI is InChI=1S/C8H6N4.Rb.Re/c9-7-5-3-1-2-4-6(5)11-8(10)12-7;;/h1-4H,(H2-2,9,10,11,12);;/q-2;+1;. The van der Waals surface area contributed by atoms with Gasteiger partial charge in [-0.2, -0.15) is 0 Å². The minimum Gasteiger partial charge on any atom is -0.482 e. The fourth-order valence-corrected chi connectivity index (χ4v) is 1.08. The van der Waals surface area contributed by atoms with Crippen LogP contribution in [0.3, 0.4) is 0 Å². The molecular weight excluding hydrogens is 424 g/mol. The number of nitrogens with zero attached hydrogens (tertiary/aromatic N) is 2. The first-order valence-corrected chi connectivity index (χ1v) is 3.47. The van der Waals surface area contributed by atoms with Crippen molar-refractivity contribution < 1.29 is 78.6 Å². The van der Waals surface area contributed by atoms with Gasteiger partial charge in [-0.05, 0) is 16.9 Å². The molecule has 1 heterocycles. The van der Waals surface area contributed by atoms with Crippen LogP contribution in [0.2, 0.25) is 0 Å². The summed E-state index contributed by atoms with van der Waals surface area (Å²) in [6.45, 7) is 0. The Morgan fingerprint density at radius 3 is 2.36 bits per heavy atom. The van der Waals surface area contributed by atoms with Crippen molar-refractivity contribution in [3.8, 4) is 0 Å². The molecule has 2 aromatic rings. The van der Waals surface area contributed by atoms with Gasteiger partial charge in [0.25, 0.3) is 0 Å². The predicted octanol–water partition coefficient (Wildman–Crippen LogP) is -0.00130. The molecule has 0 aliphatic carbocycles.